The molecule has 31 heavy (non-hydrogen) atoms. The van der Waals surface area contributed by atoms with Gasteiger partial charge in [-0.1, -0.05) is 36.4 Å². The van der Waals surface area contributed by atoms with Crippen molar-refractivity contribution in [3.05, 3.63) is 72.8 Å². The Labute approximate surface area is 195 Å². The molecule has 5 nitrogen and oxygen atoms in total. The number of benzene rings is 3. The smallest absolute Gasteiger partial charge is 0.0730 e. The molecule has 0 saturated carbocycles. The van der Waals surface area contributed by atoms with Crippen molar-refractivity contribution in [2.75, 3.05) is 43.4 Å². The number of pyridine rings is 1. The molecule has 1 aliphatic rings. The van der Waals surface area contributed by atoms with Crippen molar-refractivity contribution in [1.82, 2.24) is 9.88 Å². The molecule has 1 aromatic heterocycles. The Balaban J connectivity index is 0.00000114. The zero-order valence-electron chi connectivity index (χ0n) is 17.4. The van der Waals surface area contributed by atoms with Crippen molar-refractivity contribution in [3.8, 4) is 0 Å². The number of rotatable bonds is 3. The minimum atomic E-state index is 0. The first-order chi connectivity index (χ1) is 13.8. The van der Waals surface area contributed by atoms with E-state index in [1.807, 2.05) is 12.1 Å². The first-order valence-electron chi connectivity index (χ1n) is 9.86. The van der Waals surface area contributed by atoms with Crippen molar-refractivity contribution in [3.63, 3.8) is 0 Å². The summed E-state index contributed by atoms with van der Waals surface area (Å²) in [5.41, 5.74) is 5.53. The molecule has 3 N–H and O–H groups in total. The third-order valence-electron chi connectivity index (χ3n) is 5.59. The molecule has 0 aliphatic carbocycles. The number of fused-ring (bicyclic) bond motifs is 2. The predicted octanol–water partition coefficient (Wildman–Crippen LogP) is 4.90. The van der Waals surface area contributed by atoms with Gasteiger partial charge in [0, 0.05) is 48.3 Å². The van der Waals surface area contributed by atoms with Crippen molar-refractivity contribution < 1.29 is 5.48 Å². The molecular formula is C24H28Cl2N4O. The number of likely N-dealkylation sites (N-methyl/N-ethyl adjacent to an activating group) is 1. The largest absolute Gasteiger partial charge is 0.412 e. The summed E-state index contributed by atoms with van der Waals surface area (Å²) in [6, 6.07) is 25.4. The van der Waals surface area contributed by atoms with Crippen molar-refractivity contribution in [2.45, 2.75) is 0 Å². The Morgan fingerprint density at radius 2 is 1.23 bits per heavy atom. The number of aromatic nitrogens is 1. The molecule has 1 fully saturated rings. The second-order valence-corrected chi connectivity index (χ2v) is 7.48. The van der Waals surface area contributed by atoms with Gasteiger partial charge in [-0.2, -0.15) is 0 Å². The Morgan fingerprint density at radius 1 is 0.710 bits per heavy atom. The van der Waals surface area contributed by atoms with E-state index in [0.29, 0.717) is 0 Å². The van der Waals surface area contributed by atoms with E-state index in [1.165, 1.54) is 5.69 Å². The molecule has 1 saturated heterocycles. The van der Waals surface area contributed by atoms with Gasteiger partial charge >= 0.3 is 0 Å². The van der Waals surface area contributed by atoms with Crippen LogP contribution in [0.2, 0.25) is 0 Å². The fraction of sp³-hybridized carbons (Fsp3) is 0.208. The maximum absolute atomic E-state index is 4.81. The van der Waals surface area contributed by atoms with E-state index in [1.54, 1.807) is 0 Å². The van der Waals surface area contributed by atoms with Crippen LogP contribution in [0.25, 0.3) is 21.8 Å². The van der Waals surface area contributed by atoms with Crippen molar-refractivity contribution >= 4 is 63.7 Å². The van der Waals surface area contributed by atoms with Crippen LogP contribution in [0.5, 0.6) is 0 Å². The minimum Gasteiger partial charge on any atom is -0.412 e. The fourth-order valence-electron chi connectivity index (χ4n) is 3.94. The molecule has 164 valence electrons. The van der Waals surface area contributed by atoms with Crippen LogP contribution in [0.4, 0.5) is 17.1 Å². The van der Waals surface area contributed by atoms with E-state index >= 15 is 0 Å². The van der Waals surface area contributed by atoms with Crippen LogP contribution in [0.3, 0.4) is 0 Å². The van der Waals surface area contributed by atoms with E-state index in [2.05, 4.69) is 82.8 Å². The highest BCUT2D eigenvalue weighted by molar-refractivity contribution is 6.08. The first kappa shape index (κ1) is 24.7. The monoisotopic (exact) mass is 458 g/mol. The number of piperazine rings is 1. The van der Waals surface area contributed by atoms with Crippen LogP contribution in [0.1, 0.15) is 0 Å². The molecule has 7 heteroatoms. The summed E-state index contributed by atoms with van der Waals surface area (Å²) in [7, 11) is 2.19. The van der Waals surface area contributed by atoms with Crippen LogP contribution in [0, 0.1) is 0 Å². The average Bonchev–Trinajstić information content (AvgIpc) is 2.75. The fourth-order valence-corrected chi connectivity index (χ4v) is 3.94. The maximum atomic E-state index is 4.81. The summed E-state index contributed by atoms with van der Waals surface area (Å²) in [6.45, 7) is 4.41. The molecule has 2 heterocycles. The van der Waals surface area contributed by atoms with E-state index < -0.39 is 0 Å². The first-order valence-corrected chi connectivity index (χ1v) is 9.86. The summed E-state index contributed by atoms with van der Waals surface area (Å²) < 4.78 is 0. The normalized spacial score (nSPS) is 13.8. The Morgan fingerprint density at radius 3 is 1.77 bits per heavy atom. The van der Waals surface area contributed by atoms with Crippen LogP contribution in [-0.2, 0) is 0 Å². The standard InChI is InChI=1S/C24H24N4.2ClH.H2O/c1-27-14-16-28(17-15-27)19-12-10-18(11-13-19)25-24-20-6-2-4-8-22(20)26-23-9-5-3-7-21(23)24;;;/h2-13H,14-17H2,1H3,(H,25,26);2*1H;1H2. The van der Waals surface area contributed by atoms with Crippen LogP contribution in [-0.4, -0.2) is 48.6 Å². The van der Waals surface area contributed by atoms with Crippen molar-refractivity contribution in [2.24, 2.45) is 0 Å². The number of hydrogen-bond acceptors (Lipinski definition) is 4. The third kappa shape index (κ3) is 5.02. The zero-order valence-corrected chi connectivity index (χ0v) is 19.0. The summed E-state index contributed by atoms with van der Waals surface area (Å²) in [5.74, 6) is 0. The minimum absolute atomic E-state index is 0. The molecular weight excluding hydrogens is 431 g/mol. The predicted molar refractivity (Wildman–Crippen MR) is 137 cm³/mol. The van der Waals surface area contributed by atoms with E-state index in [9.17, 15) is 0 Å². The summed E-state index contributed by atoms with van der Waals surface area (Å²) in [6.07, 6.45) is 0. The SMILES string of the molecule is CN1CCN(c2ccc(Nc3c4ccccc4nc4ccccc34)cc2)CC1.Cl.Cl.O. The van der Waals surface area contributed by atoms with Crippen LogP contribution in [0.15, 0.2) is 72.8 Å². The van der Waals surface area contributed by atoms with E-state index in [-0.39, 0.29) is 30.3 Å². The Kier molecular flexibility index (Phi) is 8.48. The topological polar surface area (TPSA) is 62.9 Å². The molecule has 0 spiro atoms. The molecule has 4 aromatic rings. The average molecular weight is 459 g/mol. The van der Waals surface area contributed by atoms with Gasteiger partial charge in [-0.05, 0) is 43.4 Å². The molecule has 0 bridgehead atoms. The molecule has 0 atom stereocenters. The van der Waals surface area contributed by atoms with Crippen molar-refractivity contribution in [1.29, 1.82) is 0 Å². The third-order valence-corrected chi connectivity index (χ3v) is 5.59. The van der Waals surface area contributed by atoms with Gasteiger partial charge in [-0.25, -0.2) is 4.98 Å². The Bertz CT molecular complexity index is 1080. The summed E-state index contributed by atoms with van der Waals surface area (Å²) >= 11 is 0. The molecule has 0 unspecified atom stereocenters. The maximum Gasteiger partial charge on any atom is 0.0730 e. The highest BCUT2D eigenvalue weighted by Gasteiger charge is 2.14. The second kappa shape index (κ2) is 10.6. The van der Waals surface area contributed by atoms with Crippen LogP contribution >= 0.6 is 24.8 Å². The van der Waals surface area contributed by atoms with Gasteiger partial charge in [0.15, 0.2) is 0 Å². The van der Waals surface area contributed by atoms with E-state index in [4.69, 9.17) is 4.98 Å². The molecule has 0 amide bonds. The van der Waals surface area contributed by atoms with Gasteiger partial charge in [0.2, 0.25) is 0 Å². The quantitative estimate of drug-likeness (QED) is 0.443. The zero-order chi connectivity index (χ0) is 18.9. The van der Waals surface area contributed by atoms with Gasteiger partial charge in [0.25, 0.3) is 0 Å². The van der Waals surface area contributed by atoms with Gasteiger partial charge < -0.3 is 20.6 Å². The van der Waals surface area contributed by atoms with Crippen LogP contribution < -0.4 is 10.2 Å². The van der Waals surface area contributed by atoms with Gasteiger partial charge in [-0.15, -0.1) is 24.8 Å². The lowest BCUT2D eigenvalue weighted by Crippen LogP contribution is -2.44. The lowest BCUT2D eigenvalue weighted by Gasteiger charge is -2.34. The van der Waals surface area contributed by atoms with Gasteiger partial charge in [0.05, 0.1) is 16.7 Å². The lowest BCUT2D eigenvalue weighted by molar-refractivity contribution is 0.313. The summed E-state index contributed by atoms with van der Waals surface area (Å²) in [5, 5.41) is 5.95. The second-order valence-electron chi connectivity index (χ2n) is 7.48. The summed E-state index contributed by atoms with van der Waals surface area (Å²) in [4.78, 5) is 9.65. The molecule has 5 rings (SSSR count). The molecule has 3 aromatic carbocycles. The Hall–Kier alpha value is -2.57. The number of hydrogen-bond donors (Lipinski definition) is 1. The number of para-hydroxylation sites is 2. The van der Waals surface area contributed by atoms with Gasteiger partial charge in [0.1, 0.15) is 0 Å². The molecule has 1 aliphatic heterocycles. The number of anilines is 3. The molecule has 0 radical (unpaired) electrons. The van der Waals surface area contributed by atoms with E-state index in [0.717, 1.165) is 59.4 Å². The van der Waals surface area contributed by atoms with Gasteiger partial charge in [-0.3, -0.25) is 0 Å². The lowest BCUT2D eigenvalue weighted by atomic mass is 10.1. The highest BCUT2D eigenvalue weighted by atomic mass is 35.5. The highest BCUT2D eigenvalue weighted by Crippen LogP contribution is 2.33. The number of nitrogens with zero attached hydrogens (tertiary/aromatic N) is 3. The number of nitrogens with one attached hydrogen (secondary N) is 1. The number of halogens is 2.